The molecule has 0 saturated carbocycles. The van der Waals surface area contributed by atoms with Gasteiger partial charge in [0.15, 0.2) is 16.7 Å². The average Bonchev–Trinajstić information content (AvgIpc) is 3.19. The second kappa shape index (κ2) is 9.00. The van der Waals surface area contributed by atoms with Crippen LogP contribution in [0.2, 0.25) is 0 Å². The van der Waals surface area contributed by atoms with Crippen molar-refractivity contribution in [2.24, 2.45) is 0 Å². The maximum Gasteiger partial charge on any atom is 0.231 e. The van der Waals surface area contributed by atoms with Gasteiger partial charge in [-0.05, 0) is 17.7 Å². The molecule has 1 atom stereocenters. The molecule has 0 aliphatic heterocycles. The highest BCUT2D eigenvalue weighted by atomic mass is 32.2. The van der Waals surface area contributed by atoms with Crippen LogP contribution in [-0.2, 0) is 4.79 Å². The van der Waals surface area contributed by atoms with E-state index in [9.17, 15) is 9.18 Å². The summed E-state index contributed by atoms with van der Waals surface area (Å²) in [5.41, 5.74) is 0.877. The van der Waals surface area contributed by atoms with E-state index in [2.05, 4.69) is 20.5 Å². The van der Waals surface area contributed by atoms with E-state index in [4.69, 9.17) is 4.74 Å². The minimum absolute atomic E-state index is 0.115. The molecule has 3 aromatic rings. The van der Waals surface area contributed by atoms with Gasteiger partial charge in [0.2, 0.25) is 5.91 Å². The van der Waals surface area contributed by atoms with Gasteiger partial charge in [-0.1, -0.05) is 54.2 Å². The Morgan fingerprint density at radius 3 is 2.69 bits per heavy atom. The van der Waals surface area contributed by atoms with Crippen LogP contribution in [0.1, 0.15) is 11.6 Å². The Morgan fingerprint density at radius 2 is 1.96 bits per heavy atom. The highest BCUT2D eigenvalue weighted by Crippen LogP contribution is 2.20. The monoisotopic (exact) mass is 372 g/mol. The van der Waals surface area contributed by atoms with Gasteiger partial charge in [0.1, 0.15) is 12.9 Å². The second-order valence-electron chi connectivity index (χ2n) is 5.35. The molecule has 2 aromatic carbocycles. The summed E-state index contributed by atoms with van der Waals surface area (Å²) < 4.78 is 19.3. The maximum absolute atomic E-state index is 13.8. The number of hydrogen-bond donors (Lipinski definition) is 2. The zero-order chi connectivity index (χ0) is 18.2. The Balaban J connectivity index is 1.63. The molecule has 0 fully saturated rings. The van der Waals surface area contributed by atoms with Crippen molar-refractivity contribution in [3.63, 3.8) is 0 Å². The lowest BCUT2D eigenvalue weighted by Crippen LogP contribution is -2.33. The third-order valence-corrected chi connectivity index (χ3v) is 4.39. The highest BCUT2D eigenvalue weighted by molar-refractivity contribution is 7.99. The van der Waals surface area contributed by atoms with Crippen LogP contribution in [0.4, 0.5) is 4.39 Å². The van der Waals surface area contributed by atoms with Gasteiger partial charge < -0.3 is 10.1 Å². The van der Waals surface area contributed by atoms with E-state index in [0.717, 1.165) is 5.56 Å². The Hall–Kier alpha value is -2.87. The van der Waals surface area contributed by atoms with Crippen LogP contribution in [0, 0.1) is 5.82 Å². The zero-order valence-electron chi connectivity index (χ0n) is 13.8. The minimum Gasteiger partial charge on any atom is -0.488 e. The standard InChI is InChI=1S/C18H17FN4O2S/c19-14-8-4-5-9-16(14)25-10-15(13-6-2-1-3-7-13)22-17(24)11-26-18-20-12-21-23-18/h1-9,12,15H,10-11H2,(H,22,24)(H,20,21,23). The van der Waals surface area contributed by atoms with Gasteiger partial charge in [-0.15, -0.1) is 0 Å². The molecule has 6 nitrogen and oxygen atoms in total. The third kappa shape index (κ3) is 5.06. The Kier molecular flexibility index (Phi) is 6.21. The van der Waals surface area contributed by atoms with E-state index >= 15 is 0 Å². The van der Waals surface area contributed by atoms with Crippen molar-refractivity contribution >= 4 is 17.7 Å². The fraction of sp³-hybridized carbons (Fsp3) is 0.167. The Morgan fingerprint density at radius 1 is 1.19 bits per heavy atom. The molecule has 3 rings (SSSR count). The van der Waals surface area contributed by atoms with Crippen LogP contribution < -0.4 is 10.1 Å². The van der Waals surface area contributed by atoms with Crippen LogP contribution in [0.5, 0.6) is 5.75 Å². The lowest BCUT2D eigenvalue weighted by Gasteiger charge is -2.20. The fourth-order valence-corrected chi connectivity index (χ4v) is 2.87. The molecule has 26 heavy (non-hydrogen) atoms. The number of carbonyl (C=O) groups excluding carboxylic acids is 1. The molecular weight excluding hydrogens is 355 g/mol. The molecule has 1 heterocycles. The molecule has 0 aliphatic rings. The first-order valence-electron chi connectivity index (χ1n) is 7.92. The SMILES string of the molecule is O=C(CSc1ncn[nH]1)NC(COc1ccccc1F)c1ccccc1. The number of aromatic amines is 1. The number of rotatable bonds is 8. The van der Waals surface area contributed by atoms with Gasteiger partial charge in [0, 0.05) is 0 Å². The number of thioether (sulfide) groups is 1. The topological polar surface area (TPSA) is 79.9 Å². The number of halogens is 1. The van der Waals surface area contributed by atoms with Crippen molar-refractivity contribution in [2.75, 3.05) is 12.4 Å². The number of nitrogens with zero attached hydrogens (tertiary/aromatic N) is 2. The van der Waals surface area contributed by atoms with E-state index in [-0.39, 0.29) is 24.0 Å². The maximum atomic E-state index is 13.8. The molecule has 2 N–H and O–H groups in total. The number of amides is 1. The predicted molar refractivity (Wildman–Crippen MR) is 96.3 cm³/mol. The summed E-state index contributed by atoms with van der Waals surface area (Å²) in [5, 5.41) is 9.91. The lowest BCUT2D eigenvalue weighted by atomic mass is 10.1. The summed E-state index contributed by atoms with van der Waals surface area (Å²) >= 11 is 1.25. The fourth-order valence-electron chi connectivity index (χ4n) is 2.28. The number of ether oxygens (including phenoxy) is 1. The summed E-state index contributed by atoms with van der Waals surface area (Å²) in [7, 11) is 0. The summed E-state index contributed by atoms with van der Waals surface area (Å²) in [6.07, 6.45) is 1.38. The minimum atomic E-state index is -0.438. The number of para-hydroxylation sites is 1. The molecule has 1 amide bonds. The van der Waals surface area contributed by atoms with Crippen molar-refractivity contribution in [3.05, 3.63) is 72.3 Å². The summed E-state index contributed by atoms with van der Waals surface area (Å²) in [6.45, 7) is 0.115. The first-order valence-corrected chi connectivity index (χ1v) is 8.91. The number of carbonyl (C=O) groups is 1. The van der Waals surface area contributed by atoms with Crippen molar-refractivity contribution < 1.29 is 13.9 Å². The van der Waals surface area contributed by atoms with Gasteiger partial charge in [-0.3, -0.25) is 9.89 Å². The van der Waals surface area contributed by atoms with Gasteiger partial charge in [-0.25, -0.2) is 9.37 Å². The van der Waals surface area contributed by atoms with Crippen molar-refractivity contribution in [3.8, 4) is 5.75 Å². The van der Waals surface area contributed by atoms with E-state index in [1.165, 1.54) is 24.2 Å². The first-order chi connectivity index (χ1) is 12.7. The number of nitrogens with one attached hydrogen (secondary N) is 2. The zero-order valence-corrected chi connectivity index (χ0v) is 14.6. The first kappa shape index (κ1) is 17.9. The van der Waals surface area contributed by atoms with Crippen molar-refractivity contribution in [1.29, 1.82) is 0 Å². The average molecular weight is 372 g/mol. The van der Waals surface area contributed by atoms with Gasteiger partial charge >= 0.3 is 0 Å². The molecule has 0 saturated heterocycles. The highest BCUT2D eigenvalue weighted by Gasteiger charge is 2.17. The van der Waals surface area contributed by atoms with Crippen LogP contribution >= 0.6 is 11.8 Å². The van der Waals surface area contributed by atoms with E-state index in [1.807, 2.05) is 30.3 Å². The number of aromatic nitrogens is 3. The molecule has 0 aliphatic carbocycles. The molecule has 0 bridgehead atoms. The molecular formula is C18H17FN4O2S. The van der Waals surface area contributed by atoms with Gasteiger partial charge in [0.25, 0.3) is 0 Å². The molecule has 8 heteroatoms. The van der Waals surface area contributed by atoms with Crippen LogP contribution in [0.25, 0.3) is 0 Å². The van der Waals surface area contributed by atoms with E-state index in [0.29, 0.717) is 5.16 Å². The summed E-state index contributed by atoms with van der Waals surface area (Å²) in [6, 6.07) is 15.2. The number of hydrogen-bond acceptors (Lipinski definition) is 5. The van der Waals surface area contributed by atoms with E-state index < -0.39 is 11.9 Å². The van der Waals surface area contributed by atoms with Crippen molar-refractivity contribution in [1.82, 2.24) is 20.5 Å². The summed E-state index contributed by atoms with van der Waals surface area (Å²) in [5.74, 6) is -0.291. The van der Waals surface area contributed by atoms with Gasteiger partial charge in [-0.2, -0.15) is 5.10 Å². The Labute approximate surface area is 154 Å². The smallest absolute Gasteiger partial charge is 0.231 e. The van der Waals surface area contributed by atoms with Crippen LogP contribution in [-0.4, -0.2) is 33.4 Å². The molecule has 134 valence electrons. The molecule has 1 aromatic heterocycles. The van der Waals surface area contributed by atoms with Crippen molar-refractivity contribution in [2.45, 2.75) is 11.2 Å². The molecule has 0 radical (unpaired) electrons. The molecule has 0 spiro atoms. The quantitative estimate of drug-likeness (QED) is 0.594. The summed E-state index contributed by atoms with van der Waals surface area (Å²) in [4.78, 5) is 16.2. The lowest BCUT2D eigenvalue weighted by molar-refractivity contribution is -0.119. The number of benzene rings is 2. The second-order valence-corrected chi connectivity index (χ2v) is 6.32. The largest absolute Gasteiger partial charge is 0.488 e. The molecule has 1 unspecified atom stereocenters. The van der Waals surface area contributed by atoms with Crippen LogP contribution in [0.3, 0.4) is 0 Å². The van der Waals surface area contributed by atoms with Gasteiger partial charge in [0.05, 0.1) is 11.8 Å². The van der Waals surface area contributed by atoms with Crippen LogP contribution in [0.15, 0.2) is 66.1 Å². The van der Waals surface area contributed by atoms with E-state index in [1.54, 1.807) is 18.2 Å². The predicted octanol–water partition coefficient (Wildman–Crippen LogP) is 2.97. The normalized spacial score (nSPS) is 11.7. The Bertz CT molecular complexity index is 830. The number of H-pyrrole nitrogens is 1. The third-order valence-electron chi connectivity index (χ3n) is 3.51.